The number of carbonyl (C=O) groups excluding carboxylic acids is 3. The highest BCUT2D eigenvalue weighted by Crippen LogP contribution is 2.13. The Bertz CT molecular complexity index is 1610. The summed E-state index contributed by atoms with van der Waals surface area (Å²) in [6.45, 7) is 6.32. The van der Waals surface area contributed by atoms with E-state index in [-0.39, 0.29) is 37.5 Å². The van der Waals surface area contributed by atoms with Crippen LogP contribution in [0.4, 0.5) is 0 Å². The molecule has 0 heterocycles. The van der Waals surface area contributed by atoms with Crippen molar-refractivity contribution >= 4 is 17.9 Å². The second kappa shape index (κ2) is 58.9. The van der Waals surface area contributed by atoms with Crippen molar-refractivity contribution < 1.29 is 28.6 Å². The molecule has 72 heavy (non-hydrogen) atoms. The fraction of sp³-hybridized carbons (Fsp3) is 0.591. The molecule has 0 aliphatic rings. The van der Waals surface area contributed by atoms with Crippen molar-refractivity contribution in [3.05, 3.63) is 146 Å². The maximum absolute atomic E-state index is 12.8. The van der Waals surface area contributed by atoms with E-state index >= 15 is 0 Å². The molecule has 0 saturated heterocycles. The van der Waals surface area contributed by atoms with E-state index in [9.17, 15) is 14.4 Å². The molecule has 0 aromatic carbocycles. The van der Waals surface area contributed by atoms with Gasteiger partial charge in [-0.1, -0.05) is 237 Å². The van der Waals surface area contributed by atoms with Gasteiger partial charge in [-0.15, -0.1) is 0 Å². The summed E-state index contributed by atoms with van der Waals surface area (Å²) in [5.41, 5.74) is 0. The average molecular weight is 994 g/mol. The molecule has 0 bridgehead atoms. The highest BCUT2D eigenvalue weighted by Gasteiger charge is 2.19. The molecule has 0 aromatic rings. The SMILES string of the molecule is CC/C=C\C/C=C\C/C=C\C/C=C\C/C=C\C/C=C\C/C=C\C/C=C\C/C=C\CCCCCCCC(=O)OCC(COC(=O)CCCCCCCCCC)OC(=O)CCCCC/C=C\C/C=C\C/C=C\CC. The number of unbranched alkanes of at least 4 members (excludes halogenated alkanes) is 15. The molecule has 0 N–H and O–H groups in total. The van der Waals surface area contributed by atoms with Crippen LogP contribution in [0.15, 0.2) is 146 Å². The minimum absolute atomic E-state index is 0.0998. The molecule has 6 nitrogen and oxygen atoms in total. The first-order chi connectivity index (χ1) is 35.5. The quantitative estimate of drug-likeness (QED) is 0.0261. The van der Waals surface area contributed by atoms with Crippen LogP contribution < -0.4 is 0 Å². The van der Waals surface area contributed by atoms with Crippen molar-refractivity contribution in [3.8, 4) is 0 Å². The second-order valence-electron chi connectivity index (χ2n) is 18.4. The van der Waals surface area contributed by atoms with E-state index in [4.69, 9.17) is 14.2 Å². The van der Waals surface area contributed by atoms with Gasteiger partial charge in [-0.3, -0.25) is 14.4 Å². The zero-order valence-corrected chi connectivity index (χ0v) is 46.1. The molecule has 0 saturated carbocycles. The van der Waals surface area contributed by atoms with E-state index in [1.54, 1.807) is 0 Å². The Labute approximate surface area is 442 Å². The largest absolute Gasteiger partial charge is 0.462 e. The minimum Gasteiger partial charge on any atom is -0.462 e. The summed E-state index contributed by atoms with van der Waals surface area (Å²) in [6, 6.07) is 0. The number of ether oxygens (including phenoxy) is 3. The molecule has 0 aromatic heterocycles. The van der Waals surface area contributed by atoms with Crippen LogP contribution >= 0.6 is 0 Å². The Balaban J connectivity index is 4.24. The molecule has 0 fully saturated rings. The van der Waals surface area contributed by atoms with Gasteiger partial charge in [0.15, 0.2) is 6.10 Å². The van der Waals surface area contributed by atoms with Gasteiger partial charge < -0.3 is 14.2 Å². The highest BCUT2D eigenvalue weighted by atomic mass is 16.6. The van der Waals surface area contributed by atoms with E-state index in [0.29, 0.717) is 12.8 Å². The Morgan fingerprint density at radius 2 is 0.542 bits per heavy atom. The van der Waals surface area contributed by atoms with E-state index in [0.717, 1.165) is 161 Å². The molecule has 404 valence electrons. The van der Waals surface area contributed by atoms with Gasteiger partial charge in [0, 0.05) is 19.3 Å². The lowest BCUT2D eigenvalue weighted by Crippen LogP contribution is -2.30. The predicted octanol–water partition coefficient (Wildman–Crippen LogP) is 19.6. The standard InChI is InChI=1S/C66H104O6/c1-4-7-10-13-16-19-21-23-24-25-26-27-28-29-30-31-32-33-34-35-36-37-38-39-40-41-42-44-45-47-50-53-56-59-65(68)71-62-63(61-70-64(67)58-55-52-49-18-15-12-9-6-3)72-66(69)60-57-54-51-48-46-43-22-20-17-14-11-8-5-2/h7-8,10-11,16-17,19-20,23-24,26-27,29-30,32-33,35-36,38-39,41-43,46,63H,4-6,9,12-15,18,21-22,25,28,31,34,37,40,44-45,47-62H2,1-3H3/b10-7-,11-8-,19-16-,20-17-,24-23-,27-26-,30-29-,33-32-,36-35-,39-38-,42-41-,46-43-. The summed E-state index contributed by atoms with van der Waals surface area (Å²) >= 11 is 0. The van der Waals surface area contributed by atoms with Crippen LogP contribution in [0.5, 0.6) is 0 Å². The Morgan fingerprint density at radius 1 is 0.292 bits per heavy atom. The van der Waals surface area contributed by atoms with Gasteiger partial charge in [0.2, 0.25) is 0 Å². The first-order valence-corrected chi connectivity index (χ1v) is 28.8. The minimum atomic E-state index is -0.803. The Morgan fingerprint density at radius 3 is 0.861 bits per heavy atom. The number of rotatable bonds is 50. The molecule has 0 spiro atoms. The van der Waals surface area contributed by atoms with Gasteiger partial charge in [0.1, 0.15) is 13.2 Å². The summed E-state index contributed by atoms with van der Waals surface area (Å²) in [6.07, 6.45) is 84.4. The summed E-state index contributed by atoms with van der Waals surface area (Å²) in [7, 11) is 0. The average Bonchev–Trinajstić information content (AvgIpc) is 3.38. The molecule has 0 rings (SSSR count). The number of hydrogen-bond donors (Lipinski definition) is 0. The number of hydrogen-bond acceptors (Lipinski definition) is 6. The van der Waals surface area contributed by atoms with Crippen LogP contribution in [0.1, 0.15) is 233 Å². The van der Waals surface area contributed by atoms with Gasteiger partial charge >= 0.3 is 17.9 Å². The zero-order chi connectivity index (χ0) is 52.2. The van der Waals surface area contributed by atoms with Crippen LogP contribution in [-0.4, -0.2) is 37.2 Å². The van der Waals surface area contributed by atoms with Crippen molar-refractivity contribution in [2.24, 2.45) is 0 Å². The van der Waals surface area contributed by atoms with Crippen LogP contribution in [0, 0.1) is 0 Å². The van der Waals surface area contributed by atoms with Crippen molar-refractivity contribution in [1.29, 1.82) is 0 Å². The third kappa shape index (κ3) is 56.2. The van der Waals surface area contributed by atoms with E-state index in [1.165, 1.54) is 32.1 Å². The van der Waals surface area contributed by atoms with Gasteiger partial charge in [-0.25, -0.2) is 0 Å². The van der Waals surface area contributed by atoms with Crippen LogP contribution in [0.25, 0.3) is 0 Å². The first kappa shape index (κ1) is 67.3. The first-order valence-electron chi connectivity index (χ1n) is 28.8. The molecule has 0 amide bonds. The molecule has 1 unspecified atom stereocenters. The predicted molar refractivity (Wildman–Crippen MR) is 311 cm³/mol. The van der Waals surface area contributed by atoms with Crippen molar-refractivity contribution in [3.63, 3.8) is 0 Å². The summed E-state index contributed by atoms with van der Waals surface area (Å²) in [5, 5.41) is 0. The molecular weight excluding hydrogens is 889 g/mol. The molecule has 6 heteroatoms. The lowest BCUT2D eigenvalue weighted by Gasteiger charge is -2.18. The lowest BCUT2D eigenvalue weighted by atomic mass is 10.1. The molecule has 0 aliphatic carbocycles. The van der Waals surface area contributed by atoms with Gasteiger partial charge in [0.05, 0.1) is 0 Å². The third-order valence-corrected chi connectivity index (χ3v) is 11.6. The van der Waals surface area contributed by atoms with Crippen LogP contribution in [0.2, 0.25) is 0 Å². The number of carbonyl (C=O) groups is 3. The topological polar surface area (TPSA) is 78.9 Å². The highest BCUT2D eigenvalue weighted by molar-refractivity contribution is 5.71. The molecule has 1 atom stereocenters. The van der Waals surface area contributed by atoms with Crippen molar-refractivity contribution in [2.75, 3.05) is 13.2 Å². The lowest BCUT2D eigenvalue weighted by molar-refractivity contribution is -0.167. The maximum Gasteiger partial charge on any atom is 0.306 e. The second-order valence-corrected chi connectivity index (χ2v) is 18.4. The summed E-state index contributed by atoms with van der Waals surface area (Å²) in [5.74, 6) is -0.963. The number of allylic oxidation sites excluding steroid dienone is 24. The smallest absolute Gasteiger partial charge is 0.306 e. The summed E-state index contributed by atoms with van der Waals surface area (Å²) < 4.78 is 16.7. The monoisotopic (exact) mass is 993 g/mol. The van der Waals surface area contributed by atoms with Gasteiger partial charge in [0.25, 0.3) is 0 Å². The van der Waals surface area contributed by atoms with Crippen LogP contribution in [-0.2, 0) is 28.6 Å². The van der Waals surface area contributed by atoms with Crippen molar-refractivity contribution in [1.82, 2.24) is 0 Å². The van der Waals surface area contributed by atoms with Crippen molar-refractivity contribution in [2.45, 2.75) is 239 Å². The van der Waals surface area contributed by atoms with Gasteiger partial charge in [-0.2, -0.15) is 0 Å². The number of esters is 3. The van der Waals surface area contributed by atoms with Gasteiger partial charge in [-0.05, 0) is 122 Å². The van der Waals surface area contributed by atoms with E-state index in [2.05, 4.69) is 167 Å². The summed E-state index contributed by atoms with van der Waals surface area (Å²) in [4.78, 5) is 37.9. The maximum atomic E-state index is 12.8. The molecular formula is C66H104O6. The van der Waals surface area contributed by atoms with E-state index < -0.39 is 6.10 Å². The Kier molecular flexibility index (Phi) is 55.0. The normalized spacial score (nSPS) is 13.2. The third-order valence-electron chi connectivity index (χ3n) is 11.6. The molecule has 0 aliphatic heterocycles. The Hall–Kier alpha value is -4.71. The fourth-order valence-corrected chi connectivity index (χ4v) is 7.33. The fourth-order valence-electron chi connectivity index (χ4n) is 7.33. The van der Waals surface area contributed by atoms with E-state index in [1.807, 2.05) is 0 Å². The molecule has 0 radical (unpaired) electrons. The zero-order valence-electron chi connectivity index (χ0n) is 46.1. The van der Waals surface area contributed by atoms with Crippen LogP contribution in [0.3, 0.4) is 0 Å².